The topological polar surface area (TPSA) is 46.2 Å². The van der Waals surface area contributed by atoms with E-state index in [4.69, 9.17) is 5.73 Å². The Morgan fingerprint density at radius 3 is 1.83 bits per heavy atom. The molecule has 2 saturated carbocycles. The van der Waals surface area contributed by atoms with Crippen LogP contribution in [-0.2, 0) is 0 Å². The molecule has 2 heteroatoms. The lowest BCUT2D eigenvalue weighted by molar-refractivity contribution is -0.193. The molecule has 0 saturated heterocycles. The average molecular weight is 169 g/mol. The second-order valence-electron chi connectivity index (χ2n) is 5.23. The van der Waals surface area contributed by atoms with Crippen molar-refractivity contribution in [2.75, 3.05) is 6.54 Å². The van der Waals surface area contributed by atoms with Gasteiger partial charge >= 0.3 is 0 Å². The number of rotatable bonds is 2. The van der Waals surface area contributed by atoms with Crippen LogP contribution in [0.15, 0.2) is 0 Å². The van der Waals surface area contributed by atoms with Crippen LogP contribution in [0.1, 0.15) is 39.5 Å². The largest absolute Gasteiger partial charge is 0.389 e. The third-order valence-corrected chi connectivity index (χ3v) is 4.35. The van der Waals surface area contributed by atoms with Crippen LogP contribution in [-0.4, -0.2) is 17.3 Å². The van der Waals surface area contributed by atoms with Crippen LogP contribution in [0.25, 0.3) is 0 Å². The molecule has 0 heterocycles. The third-order valence-electron chi connectivity index (χ3n) is 4.35. The number of hydrogen-bond donors (Lipinski definition) is 2. The molecule has 0 amide bonds. The molecule has 2 nitrogen and oxygen atoms in total. The van der Waals surface area contributed by atoms with E-state index in [0.717, 1.165) is 25.7 Å². The molecule has 2 rings (SSSR count). The van der Waals surface area contributed by atoms with Crippen molar-refractivity contribution in [3.63, 3.8) is 0 Å². The minimum Gasteiger partial charge on any atom is -0.389 e. The molecule has 2 aliphatic rings. The Balaban J connectivity index is 2.22. The Hall–Kier alpha value is -0.0800. The summed E-state index contributed by atoms with van der Waals surface area (Å²) in [6, 6.07) is 0. The van der Waals surface area contributed by atoms with Crippen LogP contribution >= 0.6 is 0 Å². The van der Waals surface area contributed by atoms with Gasteiger partial charge in [0.15, 0.2) is 0 Å². The van der Waals surface area contributed by atoms with Gasteiger partial charge in [-0.25, -0.2) is 0 Å². The fourth-order valence-corrected chi connectivity index (χ4v) is 2.78. The summed E-state index contributed by atoms with van der Waals surface area (Å²) in [5.74, 6) is 0. The SMILES string of the molecule is CC1(C)CCC1(O)C1(CN)CC1. The predicted octanol–water partition coefficient (Wildman–Crippen LogP) is 1.28. The zero-order chi connectivity index (χ0) is 9.04. The van der Waals surface area contributed by atoms with Crippen molar-refractivity contribution in [1.82, 2.24) is 0 Å². The Labute approximate surface area is 74.1 Å². The quantitative estimate of drug-likeness (QED) is 0.654. The van der Waals surface area contributed by atoms with E-state index in [9.17, 15) is 5.11 Å². The van der Waals surface area contributed by atoms with E-state index < -0.39 is 5.60 Å². The fraction of sp³-hybridized carbons (Fsp3) is 1.00. The van der Waals surface area contributed by atoms with Crippen LogP contribution in [0.4, 0.5) is 0 Å². The van der Waals surface area contributed by atoms with Gasteiger partial charge in [0.2, 0.25) is 0 Å². The highest BCUT2D eigenvalue weighted by Gasteiger charge is 2.67. The van der Waals surface area contributed by atoms with Crippen LogP contribution in [0, 0.1) is 10.8 Å². The van der Waals surface area contributed by atoms with Gasteiger partial charge in [0.1, 0.15) is 0 Å². The van der Waals surface area contributed by atoms with Gasteiger partial charge < -0.3 is 10.8 Å². The molecule has 2 aliphatic carbocycles. The summed E-state index contributed by atoms with van der Waals surface area (Å²) in [6.45, 7) is 4.98. The summed E-state index contributed by atoms with van der Waals surface area (Å²) < 4.78 is 0. The van der Waals surface area contributed by atoms with Gasteiger partial charge in [-0.2, -0.15) is 0 Å². The number of aliphatic hydroxyl groups is 1. The molecule has 1 unspecified atom stereocenters. The number of nitrogens with two attached hydrogens (primary N) is 1. The third kappa shape index (κ3) is 0.728. The van der Waals surface area contributed by atoms with Gasteiger partial charge in [0.25, 0.3) is 0 Å². The number of hydrogen-bond acceptors (Lipinski definition) is 2. The summed E-state index contributed by atoms with van der Waals surface area (Å²) in [7, 11) is 0. The molecular weight excluding hydrogens is 150 g/mol. The Kier molecular flexibility index (Phi) is 1.45. The van der Waals surface area contributed by atoms with Gasteiger partial charge in [-0.05, 0) is 31.1 Å². The van der Waals surface area contributed by atoms with Crippen molar-refractivity contribution in [1.29, 1.82) is 0 Å². The van der Waals surface area contributed by atoms with E-state index in [1.54, 1.807) is 0 Å². The normalized spacial score (nSPS) is 42.0. The molecule has 0 radical (unpaired) electrons. The summed E-state index contributed by atoms with van der Waals surface area (Å²) in [5.41, 5.74) is 5.47. The first-order chi connectivity index (χ1) is 5.47. The lowest BCUT2D eigenvalue weighted by Gasteiger charge is -2.57. The van der Waals surface area contributed by atoms with Crippen molar-refractivity contribution >= 4 is 0 Å². The first-order valence-electron chi connectivity index (χ1n) is 4.90. The maximum absolute atomic E-state index is 10.4. The highest BCUT2D eigenvalue weighted by molar-refractivity contribution is 5.19. The Morgan fingerprint density at radius 1 is 1.17 bits per heavy atom. The van der Waals surface area contributed by atoms with E-state index >= 15 is 0 Å². The zero-order valence-corrected chi connectivity index (χ0v) is 8.06. The predicted molar refractivity (Wildman–Crippen MR) is 48.7 cm³/mol. The first-order valence-corrected chi connectivity index (χ1v) is 4.90. The highest BCUT2D eigenvalue weighted by atomic mass is 16.3. The molecule has 0 aromatic rings. The van der Waals surface area contributed by atoms with Crippen molar-refractivity contribution in [2.45, 2.75) is 45.1 Å². The lowest BCUT2D eigenvalue weighted by Crippen LogP contribution is -2.61. The van der Waals surface area contributed by atoms with Gasteiger partial charge in [-0.15, -0.1) is 0 Å². The Morgan fingerprint density at radius 2 is 1.75 bits per heavy atom. The minimum absolute atomic E-state index is 0.0920. The fourth-order valence-electron chi connectivity index (χ4n) is 2.78. The van der Waals surface area contributed by atoms with E-state index in [-0.39, 0.29) is 10.8 Å². The molecule has 0 aromatic carbocycles. The summed E-state index contributed by atoms with van der Waals surface area (Å²) in [4.78, 5) is 0. The van der Waals surface area contributed by atoms with Crippen LogP contribution in [0.3, 0.4) is 0 Å². The van der Waals surface area contributed by atoms with Crippen molar-refractivity contribution in [3.05, 3.63) is 0 Å². The van der Waals surface area contributed by atoms with Crippen LogP contribution in [0.2, 0.25) is 0 Å². The minimum atomic E-state index is -0.450. The molecule has 0 aliphatic heterocycles. The summed E-state index contributed by atoms with van der Waals surface area (Å²) >= 11 is 0. The second-order valence-corrected chi connectivity index (χ2v) is 5.23. The Bertz CT molecular complexity index is 208. The second kappa shape index (κ2) is 2.05. The monoisotopic (exact) mass is 169 g/mol. The van der Waals surface area contributed by atoms with Crippen LogP contribution in [0.5, 0.6) is 0 Å². The zero-order valence-electron chi connectivity index (χ0n) is 8.06. The maximum Gasteiger partial charge on any atom is 0.0766 e. The summed E-state index contributed by atoms with van der Waals surface area (Å²) in [5, 5.41) is 10.4. The highest BCUT2D eigenvalue weighted by Crippen LogP contribution is 2.67. The van der Waals surface area contributed by atoms with Crippen LogP contribution < -0.4 is 5.73 Å². The molecule has 0 aromatic heterocycles. The molecule has 12 heavy (non-hydrogen) atoms. The molecule has 0 bridgehead atoms. The van der Waals surface area contributed by atoms with Crippen molar-refractivity contribution < 1.29 is 5.11 Å². The molecule has 1 atom stereocenters. The first kappa shape index (κ1) is 8.52. The standard InChI is InChI=1S/C10H19NO/c1-8(2)3-6-10(8,12)9(7-11)4-5-9/h12H,3-7,11H2,1-2H3. The summed E-state index contributed by atoms with van der Waals surface area (Å²) in [6.07, 6.45) is 4.36. The smallest absolute Gasteiger partial charge is 0.0766 e. The van der Waals surface area contributed by atoms with Gasteiger partial charge in [0, 0.05) is 12.0 Å². The molecule has 70 valence electrons. The lowest BCUT2D eigenvalue weighted by atomic mass is 9.52. The molecule has 0 spiro atoms. The average Bonchev–Trinajstić information content (AvgIpc) is 2.81. The molecular formula is C10H19NO. The van der Waals surface area contributed by atoms with E-state index in [1.165, 1.54) is 0 Å². The van der Waals surface area contributed by atoms with Gasteiger partial charge in [-0.1, -0.05) is 13.8 Å². The molecule has 3 N–H and O–H groups in total. The van der Waals surface area contributed by atoms with Crippen molar-refractivity contribution in [3.8, 4) is 0 Å². The van der Waals surface area contributed by atoms with E-state index in [1.807, 2.05) is 0 Å². The van der Waals surface area contributed by atoms with Gasteiger partial charge in [0.05, 0.1) is 5.60 Å². The molecule has 2 fully saturated rings. The van der Waals surface area contributed by atoms with Gasteiger partial charge in [-0.3, -0.25) is 0 Å². The van der Waals surface area contributed by atoms with E-state index in [2.05, 4.69) is 13.8 Å². The van der Waals surface area contributed by atoms with E-state index in [0.29, 0.717) is 6.54 Å². The maximum atomic E-state index is 10.4. The van der Waals surface area contributed by atoms with Crippen molar-refractivity contribution in [2.24, 2.45) is 16.6 Å².